The van der Waals surface area contributed by atoms with E-state index in [0.717, 1.165) is 33.0 Å². The van der Waals surface area contributed by atoms with Gasteiger partial charge in [0.2, 0.25) is 0 Å². The van der Waals surface area contributed by atoms with Gasteiger partial charge in [-0.15, -0.1) is 0 Å². The summed E-state index contributed by atoms with van der Waals surface area (Å²) in [7, 11) is 3.13. The van der Waals surface area contributed by atoms with Crippen LogP contribution in [0.4, 0.5) is 0 Å². The zero-order chi connectivity index (χ0) is 35.9. The molecule has 0 N–H and O–H groups in total. The molecule has 2 atom stereocenters. The molecule has 4 rings (SSSR count). The summed E-state index contributed by atoms with van der Waals surface area (Å²) in [6.45, 7) is 13.3. The maximum absolute atomic E-state index is 13.4. The van der Waals surface area contributed by atoms with Gasteiger partial charge in [0.05, 0.1) is 26.1 Å². The second kappa shape index (κ2) is 15.9. The second-order valence-corrected chi connectivity index (χ2v) is 12.5. The standard InChI is InChI=1S/C39H44O10/c1-23(2)35(40)46-13-15-48-37(42)25(5)21-39(22-26(6)38(43)49-16-14-47-36(41)24(3)4)31-18-28-12-10-9-11-27(28)17-29(31)30-19-33(44-7)34(45-8)20-32(30)39/h9-12,17-20,25-26H,1,3,13-16,21-22H2,2,4-8H3. The van der Waals surface area contributed by atoms with Crippen LogP contribution in [0.5, 0.6) is 11.5 Å². The van der Waals surface area contributed by atoms with E-state index in [-0.39, 0.29) is 50.4 Å². The maximum atomic E-state index is 13.4. The largest absolute Gasteiger partial charge is 0.493 e. The van der Waals surface area contributed by atoms with Gasteiger partial charge in [0.15, 0.2) is 11.5 Å². The van der Waals surface area contributed by atoms with Crippen LogP contribution in [0.15, 0.2) is 72.8 Å². The minimum Gasteiger partial charge on any atom is -0.493 e. The molecule has 1 aliphatic carbocycles. The lowest BCUT2D eigenvalue weighted by Crippen LogP contribution is -2.35. The average molecular weight is 673 g/mol. The number of ether oxygens (including phenoxy) is 6. The van der Waals surface area contributed by atoms with Crippen molar-refractivity contribution >= 4 is 34.6 Å². The molecule has 3 aromatic carbocycles. The van der Waals surface area contributed by atoms with Crippen molar-refractivity contribution in [3.05, 3.63) is 84.0 Å². The minimum absolute atomic E-state index is 0.103. The van der Waals surface area contributed by atoms with Gasteiger partial charge in [-0.05, 0) is 84.0 Å². The van der Waals surface area contributed by atoms with Crippen molar-refractivity contribution in [1.82, 2.24) is 0 Å². The number of hydrogen-bond donors (Lipinski definition) is 0. The Balaban J connectivity index is 1.74. The highest BCUT2D eigenvalue weighted by Gasteiger charge is 2.48. The van der Waals surface area contributed by atoms with Crippen LogP contribution in [0.25, 0.3) is 21.9 Å². The van der Waals surface area contributed by atoms with E-state index in [4.69, 9.17) is 28.4 Å². The number of esters is 4. The van der Waals surface area contributed by atoms with Crippen LogP contribution in [0.3, 0.4) is 0 Å². The fourth-order valence-electron chi connectivity index (χ4n) is 6.32. The van der Waals surface area contributed by atoms with Gasteiger partial charge in [-0.25, -0.2) is 9.59 Å². The first-order valence-corrected chi connectivity index (χ1v) is 16.1. The summed E-state index contributed by atoms with van der Waals surface area (Å²) in [5, 5.41) is 2.03. The van der Waals surface area contributed by atoms with E-state index in [2.05, 4.69) is 25.3 Å². The van der Waals surface area contributed by atoms with Crippen LogP contribution in [-0.2, 0) is 43.5 Å². The Labute approximate surface area is 287 Å². The molecule has 0 spiro atoms. The van der Waals surface area contributed by atoms with Gasteiger partial charge >= 0.3 is 23.9 Å². The number of rotatable bonds is 16. The first-order chi connectivity index (χ1) is 23.3. The molecule has 1 aliphatic rings. The lowest BCUT2D eigenvalue weighted by Gasteiger charge is -2.36. The van der Waals surface area contributed by atoms with E-state index in [1.165, 1.54) is 13.8 Å². The molecule has 3 aromatic rings. The average Bonchev–Trinajstić information content (AvgIpc) is 3.32. The molecule has 0 bridgehead atoms. The Morgan fingerprint density at radius 3 is 1.51 bits per heavy atom. The zero-order valence-corrected chi connectivity index (χ0v) is 29.0. The third-order valence-electron chi connectivity index (χ3n) is 8.66. The van der Waals surface area contributed by atoms with E-state index in [0.29, 0.717) is 11.5 Å². The van der Waals surface area contributed by atoms with E-state index in [1.807, 2.05) is 36.4 Å². The molecule has 49 heavy (non-hydrogen) atoms. The Bertz CT molecular complexity index is 1720. The Kier molecular flexibility index (Phi) is 11.9. The van der Waals surface area contributed by atoms with Crippen molar-refractivity contribution in [2.24, 2.45) is 11.8 Å². The van der Waals surface area contributed by atoms with E-state index >= 15 is 0 Å². The van der Waals surface area contributed by atoms with Gasteiger partial charge in [-0.1, -0.05) is 51.3 Å². The van der Waals surface area contributed by atoms with Crippen LogP contribution in [0.1, 0.15) is 51.7 Å². The van der Waals surface area contributed by atoms with Crippen molar-refractivity contribution < 1.29 is 47.6 Å². The predicted molar refractivity (Wildman–Crippen MR) is 184 cm³/mol. The summed E-state index contributed by atoms with van der Waals surface area (Å²) >= 11 is 0. The normalized spacial score (nSPS) is 15.6. The maximum Gasteiger partial charge on any atom is 0.333 e. The summed E-state index contributed by atoms with van der Waals surface area (Å²) in [6, 6.07) is 16.1. The molecule has 260 valence electrons. The van der Waals surface area contributed by atoms with Gasteiger partial charge in [-0.2, -0.15) is 0 Å². The van der Waals surface area contributed by atoms with E-state index in [9.17, 15) is 19.2 Å². The Morgan fingerprint density at radius 1 is 0.633 bits per heavy atom. The molecular formula is C39H44O10. The predicted octanol–water partition coefficient (Wildman–Crippen LogP) is 6.50. The molecule has 10 heteroatoms. The number of fused-ring (bicyclic) bond motifs is 4. The lowest BCUT2D eigenvalue weighted by molar-refractivity contribution is -0.154. The quantitative estimate of drug-likeness (QED) is 0.0721. The fourth-order valence-corrected chi connectivity index (χ4v) is 6.32. The number of carbonyl (C=O) groups excluding carboxylic acids is 4. The van der Waals surface area contributed by atoms with Crippen molar-refractivity contribution in [2.75, 3.05) is 40.6 Å². The molecule has 0 radical (unpaired) electrons. The molecule has 0 amide bonds. The molecule has 0 aromatic heterocycles. The second-order valence-electron chi connectivity index (χ2n) is 12.5. The number of benzene rings is 3. The fraction of sp³-hybridized carbons (Fsp3) is 0.385. The number of methoxy groups -OCH3 is 2. The van der Waals surface area contributed by atoms with Gasteiger partial charge in [-0.3, -0.25) is 9.59 Å². The van der Waals surface area contributed by atoms with Gasteiger partial charge in [0, 0.05) is 16.6 Å². The summed E-state index contributed by atoms with van der Waals surface area (Å²) in [6.07, 6.45) is 0.554. The lowest BCUT2D eigenvalue weighted by atomic mass is 9.67. The van der Waals surface area contributed by atoms with Gasteiger partial charge in [0.25, 0.3) is 0 Å². The molecule has 2 unspecified atom stereocenters. The van der Waals surface area contributed by atoms with E-state index < -0.39 is 41.1 Å². The van der Waals surface area contributed by atoms with Crippen molar-refractivity contribution in [3.63, 3.8) is 0 Å². The number of hydrogen-bond acceptors (Lipinski definition) is 10. The highest BCUT2D eigenvalue weighted by atomic mass is 16.6. The first-order valence-electron chi connectivity index (χ1n) is 16.1. The molecule has 0 saturated heterocycles. The van der Waals surface area contributed by atoms with Crippen LogP contribution >= 0.6 is 0 Å². The molecule has 10 nitrogen and oxygen atoms in total. The van der Waals surface area contributed by atoms with Crippen molar-refractivity contribution in [1.29, 1.82) is 0 Å². The van der Waals surface area contributed by atoms with Gasteiger partial charge in [0.1, 0.15) is 26.4 Å². The zero-order valence-electron chi connectivity index (χ0n) is 29.0. The SMILES string of the molecule is C=C(C)C(=O)OCCOC(=O)C(C)CC1(CC(C)C(=O)OCCOC(=O)C(=C)C)c2cc(OC)c(OC)cc2-c2cc3ccccc3cc21. The molecular weight excluding hydrogens is 628 g/mol. The van der Waals surface area contributed by atoms with Crippen molar-refractivity contribution in [2.45, 2.75) is 46.0 Å². The highest BCUT2D eigenvalue weighted by Crippen LogP contribution is 2.58. The Hall–Kier alpha value is -5.12. The molecule has 0 aliphatic heterocycles. The third kappa shape index (κ3) is 8.13. The smallest absolute Gasteiger partial charge is 0.333 e. The minimum atomic E-state index is -0.871. The summed E-state index contributed by atoms with van der Waals surface area (Å²) < 4.78 is 32.7. The summed E-state index contributed by atoms with van der Waals surface area (Å²) in [5.41, 5.74) is 3.30. The molecule has 0 heterocycles. The first kappa shape index (κ1) is 36.7. The monoisotopic (exact) mass is 672 g/mol. The molecule has 0 fully saturated rings. The van der Waals surface area contributed by atoms with Gasteiger partial charge < -0.3 is 28.4 Å². The van der Waals surface area contributed by atoms with Crippen LogP contribution in [-0.4, -0.2) is 64.5 Å². The highest BCUT2D eigenvalue weighted by molar-refractivity contribution is 5.95. The van der Waals surface area contributed by atoms with Crippen molar-refractivity contribution in [3.8, 4) is 22.6 Å². The topological polar surface area (TPSA) is 124 Å². The number of carbonyl (C=O) groups is 4. The molecule has 0 saturated carbocycles. The van der Waals surface area contributed by atoms with Crippen LogP contribution in [0.2, 0.25) is 0 Å². The van der Waals surface area contributed by atoms with E-state index in [1.54, 1.807) is 28.1 Å². The summed E-state index contributed by atoms with van der Waals surface area (Å²) in [4.78, 5) is 50.4. The Morgan fingerprint density at radius 2 is 1.04 bits per heavy atom. The van der Waals surface area contributed by atoms with Crippen LogP contribution < -0.4 is 9.47 Å². The van der Waals surface area contributed by atoms with Crippen LogP contribution in [0, 0.1) is 11.8 Å². The summed E-state index contributed by atoms with van der Waals surface area (Å²) in [5.74, 6) is -2.30. The third-order valence-corrected chi connectivity index (χ3v) is 8.66.